The summed E-state index contributed by atoms with van der Waals surface area (Å²) in [7, 11) is 0. The average Bonchev–Trinajstić information content (AvgIpc) is 3.77. The van der Waals surface area contributed by atoms with Gasteiger partial charge in [-0.2, -0.15) is 0 Å². The van der Waals surface area contributed by atoms with Crippen LogP contribution in [0.2, 0.25) is 0 Å². The van der Waals surface area contributed by atoms with Gasteiger partial charge in [0.05, 0.1) is 6.10 Å². The predicted molar refractivity (Wildman–Crippen MR) is 179 cm³/mol. The van der Waals surface area contributed by atoms with E-state index < -0.39 is 6.10 Å². The van der Waals surface area contributed by atoms with Crippen molar-refractivity contribution in [3.05, 3.63) is 81.7 Å². The molecule has 1 unspecified atom stereocenters. The molecule has 0 aromatic heterocycles. The number of nitrogens with one attached hydrogen (secondary N) is 1. The molecule has 8 heteroatoms. The molecule has 2 aromatic rings. The van der Waals surface area contributed by atoms with Crippen molar-refractivity contribution in [1.82, 2.24) is 0 Å². The second kappa shape index (κ2) is 12.9. The number of nitrogens with zero attached hydrogens (tertiary/aromatic N) is 2. The molecular formula is C38H47N4O4+. The monoisotopic (exact) mass is 623 g/mol. The van der Waals surface area contributed by atoms with Gasteiger partial charge in [0, 0.05) is 42.2 Å². The number of aliphatic imine (C=N–C) groups is 2. The van der Waals surface area contributed by atoms with E-state index in [0.29, 0.717) is 43.6 Å². The fraction of sp³-hybridized carbons (Fsp3) is 0.500. The lowest BCUT2D eigenvalue weighted by Crippen LogP contribution is -3.07. The number of quaternary nitrogens is 1. The molecule has 2 aliphatic carbocycles. The lowest BCUT2D eigenvalue weighted by atomic mass is 9.57. The number of phenolic OH excluding ortho intramolecular Hbond substituents is 1. The Bertz CT molecular complexity index is 1630. The molecule has 5 N–H and O–H groups in total. The Balaban J connectivity index is 1.03. The number of aromatic hydroxyl groups is 1. The third-order valence-corrected chi connectivity index (χ3v) is 11.0. The highest BCUT2D eigenvalue weighted by molar-refractivity contribution is 5.91. The summed E-state index contributed by atoms with van der Waals surface area (Å²) in [5, 5.41) is 20.7. The van der Waals surface area contributed by atoms with Crippen LogP contribution in [0.1, 0.15) is 105 Å². The summed E-state index contributed by atoms with van der Waals surface area (Å²) < 4.78 is 6.18. The lowest BCUT2D eigenvalue weighted by Gasteiger charge is -2.46. The summed E-state index contributed by atoms with van der Waals surface area (Å²) in [6, 6.07) is 12.0. The maximum atomic E-state index is 12.5. The van der Waals surface area contributed by atoms with Crippen molar-refractivity contribution >= 4 is 18.2 Å². The lowest BCUT2D eigenvalue weighted by molar-refractivity contribution is -0.855. The highest BCUT2D eigenvalue weighted by Gasteiger charge is 2.54. The summed E-state index contributed by atoms with van der Waals surface area (Å²) in [4.78, 5) is 23.2. The molecule has 7 rings (SSSR count). The normalized spacial score (nSPS) is 27.8. The summed E-state index contributed by atoms with van der Waals surface area (Å²) in [5.41, 5.74) is 15.0. The number of phenols is 1. The van der Waals surface area contributed by atoms with Crippen LogP contribution in [0.15, 0.2) is 69.4 Å². The molecule has 6 atom stereocenters. The Morgan fingerprint density at radius 3 is 3.00 bits per heavy atom. The zero-order chi connectivity index (χ0) is 31.8. The number of ketones is 1. The maximum absolute atomic E-state index is 12.5. The van der Waals surface area contributed by atoms with Crippen LogP contribution in [0.3, 0.4) is 0 Å². The molecule has 8 nitrogen and oxygen atoms in total. The van der Waals surface area contributed by atoms with Crippen molar-refractivity contribution < 1.29 is 24.6 Å². The Morgan fingerprint density at radius 1 is 1.24 bits per heavy atom. The first-order chi connectivity index (χ1) is 22.4. The van der Waals surface area contributed by atoms with Crippen LogP contribution >= 0.6 is 0 Å². The van der Waals surface area contributed by atoms with Crippen LogP contribution in [-0.4, -0.2) is 47.8 Å². The number of aliphatic hydroxyl groups is 1. The minimum Gasteiger partial charge on any atom is -0.504 e. The van der Waals surface area contributed by atoms with E-state index in [1.165, 1.54) is 40.7 Å². The van der Waals surface area contributed by atoms with E-state index in [2.05, 4.69) is 48.7 Å². The highest BCUT2D eigenvalue weighted by Crippen LogP contribution is 2.60. The second-order valence-corrected chi connectivity index (χ2v) is 14.0. The number of unbranched alkanes of at least 4 members (excludes halogenated alkanes) is 2. The number of aryl methyl sites for hydroxylation is 1. The number of fused-ring (bicyclic) bond motifs is 3. The highest BCUT2D eigenvalue weighted by atomic mass is 16.5. The SMILES string of the molecule is CCCCC[C@@H](O)CC(=O)CCc1ccc(O)c(OC[NH+]2C=C3N=CC([C@@]45CCC[C@@H]4C[C@@H]4C=N[C@H](N)c6cccc5c64)=C3C2)c1. The number of allylic oxidation sites excluding steroid dienone is 1. The van der Waals surface area contributed by atoms with E-state index >= 15 is 0 Å². The van der Waals surface area contributed by atoms with Crippen molar-refractivity contribution in [2.45, 2.75) is 101 Å². The smallest absolute Gasteiger partial charge is 0.227 e. The Hall–Kier alpha value is -3.59. The number of benzene rings is 2. The number of rotatable bonds is 13. The minimum absolute atomic E-state index is 0.0486. The van der Waals surface area contributed by atoms with Crippen LogP contribution in [0, 0.1) is 5.92 Å². The third kappa shape index (κ3) is 5.65. The van der Waals surface area contributed by atoms with Gasteiger partial charge in [0.2, 0.25) is 6.73 Å². The van der Waals surface area contributed by atoms with E-state index in [4.69, 9.17) is 15.5 Å². The first-order valence-electron chi connectivity index (χ1n) is 17.3. The van der Waals surface area contributed by atoms with E-state index in [9.17, 15) is 15.0 Å². The fourth-order valence-corrected chi connectivity index (χ4v) is 8.80. The average molecular weight is 624 g/mol. The molecule has 3 aliphatic heterocycles. The van der Waals surface area contributed by atoms with Crippen molar-refractivity contribution in [2.24, 2.45) is 21.6 Å². The van der Waals surface area contributed by atoms with Crippen molar-refractivity contribution in [2.75, 3.05) is 13.3 Å². The molecule has 0 bridgehead atoms. The molecule has 1 saturated carbocycles. The molecule has 0 spiro atoms. The first kappa shape index (κ1) is 31.0. The number of hydrogen-bond acceptors (Lipinski definition) is 7. The molecule has 0 amide bonds. The van der Waals surface area contributed by atoms with Gasteiger partial charge in [-0.25, -0.2) is 0 Å². The first-order valence-corrected chi connectivity index (χ1v) is 17.3. The molecule has 3 heterocycles. The Labute approximate surface area is 271 Å². The van der Waals surface area contributed by atoms with Gasteiger partial charge in [-0.1, -0.05) is 56.9 Å². The minimum atomic E-state index is -0.560. The molecule has 0 saturated heterocycles. The molecule has 2 aromatic carbocycles. The number of carbonyl (C=O) groups excluding carboxylic acids is 1. The van der Waals surface area contributed by atoms with Gasteiger partial charge in [0.1, 0.15) is 30.4 Å². The van der Waals surface area contributed by atoms with Crippen LogP contribution in [-0.2, 0) is 16.6 Å². The summed E-state index contributed by atoms with van der Waals surface area (Å²) in [5.74, 6) is 1.46. The quantitative estimate of drug-likeness (QED) is 0.235. The van der Waals surface area contributed by atoms with E-state index in [-0.39, 0.29) is 29.5 Å². The number of carbonyl (C=O) groups is 1. The van der Waals surface area contributed by atoms with Gasteiger partial charge < -0.3 is 20.7 Å². The standard InChI is InChI=1S/C38H46N4O4/c1-2-3-4-8-27(43)18-28(44)13-11-24-12-14-34(45)35(16-24)46-23-42-21-30-32(20-40-33(30)22-42)38-15-6-7-26(38)17-25-19-41-37(39)29-9-5-10-31(38)36(25)29/h5,9-10,12,14,16,19-20,22,25-27,37,43,45H,2-4,6-8,11,13,15,17-18,21,23,39H2,1H3/p+1/t25-,26-,27-,37+,38+/m1/s1. The van der Waals surface area contributed by atoms with Crippen LogP contribution < -0.4 is 15.4 Å². The van der Waals surface area contributed by atoms with Crippen molar-refractivity contribution in [3.63, 3.8) is 0 Å². The zero-order valence-corrected chi connectivity index (χ0v) is 26.9. The third-order valence-electron chi connectivity index (χ3n) is 11.0. The molecule has 5 aliphatic rings. The van der Waals surface area contributed by atoms with Crippen LogP contribution in [0.4, 0.5) is 0 Å². The summed E-state index contributed by atoms with van der Waals surface area (Å²) in [6.07, 6.45) is 15.1. The van der Waals surface area contributed by atoms with Crippen LogP contribution in [0.25, 0.3) is 0 Å². The predicted octanol–water partition coefficient (Wildman–Crippen LogP) is 4.95. The van der Waals surface area contributed by atoms with Crippen molar-refractivity contribution in [3.8, 4) is 11.5 Å². The fourth-order valence-electron chi connectivity index (χ4n) is 8.80. The molecule has 242 valence electrons. The number of ether oxygens (including phenoxy) is 1. The van der Waals surface area contributed by atoms with Gasteiger partial charge in [-0.05, 0) is 78.0 Å². The van der Waals surface area contributed by atoms with Gasteiger partial charge in [-0.3, -0.25) is 19.7 Å². The Morgan fingerprint density at radius 2 is 2.13 bits per heavy atom. The van der Waals surface area contributed by atoms with E-state index in [1.54, 1.807) is 6.07 Å². The number of hydrogen-bond donors (Lipinski definition) is 4. The summed E-state index contributed by atoms with van der Waals surface area (Å²) in [6.45, 7) is 3.27. The maximum Gasteiger partial charge on any atom is 0.227 e. The number of aliphatic hydroxyl groups excluding tert-OH is 1. The molecule has 1 fully saturated rings. The Kier molecular flexibility index (Phi) is 8.70. The van der Waals surface area contributed by atoms with E-state index in [0.717, 1.165) is 54.8 Å². The summed E-state index contributed by atoms with van der Waals surface area (Å²) >= 11 is 0. The second-order valence-electron chi connectivity index (χ2n) is 14.0. The van der Waals surface area contributed by atoms with Gasteiger partial charge >= 0.3 is 0 Å². The number of Topliss-reactive ketones (excluding diaryl/α,β-unsaturated/α-hetero) is 1. The largest absolute Gasteiger partial charge is 0.504 e. The zero-order valence-electron chi connectivity index (χ0n) is 26.9. The number of nitrogens with two attached hydrogens (primary N) is 1. The molecule has 46 heavy (non-hydrogen) atoms. The molecular weight excluding hydrogens is 576 g/mol. The van der Waals surface area contributed by atoms with Gasteiger partial charge in [0.25, 0.3) is 0 Å². The van der Waals surface area contributed by atoms with E-state index in [1.807, 2.05) is 12.1 Å². The van der Waals surface area contributed by atoms with Crippen LogP contribution in [0.5, 0.6) is 11.5 Å². The molecule has 0 radical (unpaired) electrons. The van der Waals surface area contributed by atoms with Gasteiger partial charge in [0.15, 0.2) is 11.5 Å². The topological polar surface area (TPSA) is 122 Å². The van der Waals surface area contributed by atoms with Gasteiger partial charge in [-0.15, -0.1) is 0 Å². The van der Waals surface area contributed by atoms with Crippen molar-refractivity contribution in [1.29, 1.82) is 0 Å².